The van der Waals surface area contributed by atoms with E-state index in [9.17, 15) is 4.79 Å². The van der Waals surface area contributed by atoms with Crippen molar-refractivity contribution in [2.75, 3.05) is 13.7 Å². The number of rotatable bonds is 6. The standard InChI is InChI=1S/C20H20N2O4/c1-4-25-17-10-14(9-13(2)19(17)24-3)12-21-22-20(23)18-11-15-7-5-6-8-16(15)26-18/h5-12H,4H2,1-3H3,(H,22,23)/b21-12+. The topological polar surface area (TPSA) is 73.1 Å². The second-order valence-corrected chi connectivity index (χ2v) is 5.65. The van der Waals surface area contributed by atoms with Crippen LogP contribution in [0, 0.1) is 6.92 Å². The van der Waals surface area contributed by atoms with Crippen molar-refractivity contribution in [3.8, 4) is 11.5 Å². The van der Waals surface area contributed by atoms with Gasteiger partial charge >= 0.3 is 5.91 Å². The molecule has 2 aromatic carbocycles. The summed E-state index contributed by atoms with van der Waals surface area (Å²) in [5.41, 5.74) is 4.84. The summed E-state index contributed by atoms with van der Waals surface area (Å²) in [6.07, 6.45) is 1.55. The van der Waals surface area contributed by atoms with Crippen LogP contribution in [0.2, 0.25) is 0 Å². The first-order chi connectivity index (χ1) is 12.6. The molecule has 1 N–H and O–H groups in total. The van der Waals surface area contributed by atoms with Crippen LogP contribution >= 0.6 is 0 Å². The molecule has 0 saturated heterocycles. The van der Waals surface area contributed by atoms with Crippen LogP contribution in [0.4, 0.5) is 0 Å². The minimum atomic E-state index is -0.410. The summed E-state index contributed by atoms with van der Waals surface area (Å²) in [7, 11) is 1.60. The number of methoxy groups -OCH3 is 1. The number of hydrazone groups is 1. The molecule has 0 saturated carbocycles. The van der Waals surface area contributed by atoms with Crippen molar-refractivity contribution in [2.24, 2.45) is 5.10 Å². The van der Waals surface area contributed by atoms with Gasteiger partial charge in [0.15, 0.2) is 17.3 Å². The molecule has 1 aromatic heterocycles. The van der Waals surface area contributed by atoms with Gasteiger partial charge < -0.3 is 13.9 Å². The van der Waals surface area contributed by atoms with Gasteiger partial charge in [-0.05, 0) is 49.2 Å². The normalized spacial score (nSPS) is 11.0. The monoisotopic (exact) mass is 352 g/mol. The van der Waals surface area contributed by atoms with Crippen molar-refractivity contribution < 1.29 is 18.7 Å². The number of amides is 1. The molecular weight excluding hydrogens is 332 g/mol. The third-order valence-corrected chi connectivity index (χ3v) is 3.80. The molecule has 3 rings (SSSR count). The van der Waals surface area contributed by atoms with Gasteiger partial charge in [-0.15, -0.1) is 0 Å². The Bertz CT molecular complexity index is 927. The number of hydrogen-bond donors (Lipinski definition) is 1. The number of fused-ring (bicyclic) bond motifs is 1. The summed E-state index contributed by atoms with van der Waals surface area (Å²) in [5, 5.41) is 4.87. The van der Waals surface area contributed by atoms with E-state index in [2.05, 4.69) is 10.5 Å². The van der Waals surface area contributed by atoms with Crippen LogP contribution in [0.3, 0.4) is 0 Å². The average Bonchev–Trinajstić information content (AvgIpc) is 3.06. The number of ether oxygens (including phenoxy) is 2. The summed E-state index contributed by atoms with van der Waals surface area (Å²) in [5.74, 6) is 1.13. The zero-order valence-corrected chi connectivity index (χ0v) is 14.9. The molecule has 0 bridgehead atoms. The van der Waals surface area contributed by atoms with E-state index in [1.54, 1.807) is 19.4 Å². The minimum Gasteiger partial charge on any atom is -0.493 e. The van der Waals surface area contributed by atoms with E-state index in [1.165, 1.54) is 0 Å². The predicted molar refractivity (Wildman–Crippen MR) is 100 cm³/mol. The van der Waals surface area contributed by atoms with Crippen molar-refractivity contribution in [2.45, 2.75) is 13.8 Å². The summed E-state index contributed by atoms with van der Waals surface area (Å²) in [6, 6.07) is 12.8. The van der Waals surface area contributed by atoms with Crippen LogP contribution in [-0.2, 0) is 0 Å². The Kier molecular flexibility index (Phi) is 5.22. The fourth-order valence-electron chi connectivity index (χ4n) is 2.68. The largest absolute Gasteiger partial charge is 0.493 e. The Balaban J connectivity index is 1.74. The van der Waals surface area contributed by atoms with Crippen molar-refractivity contribution in [3.63, 3.8) is 0 Å². The first kappa shape index (κ1) is 17.5. The molecule has 134 valence electrons. The molecule has 26 heavy (non-hydrogen) atoms. The fourth-order valence-corrected chi connectivity index (χ4v) is 2.68. The quantitative estimate of drug-likeness (QED) is 0.539. The lowest BCUT2D eigenvalue weighted by Crippen LogP contribution is -2.16. The van der Waals surface area contributed by atoms with E-state index in [4.69, 9.17) is 13.9 Å². The van der Waals surface area contributed by atoms with Gasteiger partial charge in [0.2, 0.25) is 0 Å². The van der Waals surface area contributed by atoms with Crippen LogP contribution in [0.1, 0.15) is 28.6 Å². The van der Waals surface area contributed by atoms with Gasteiger partial charge in [-0.25, -0.2) is 5.43 Å². The van der Waals surface area contributed by atoms with E-state index in [0.717, 1.165) is 16.5 Å². The van der Waals surface area contributed by atoms with Gasteiger partial charge in [-0.2, -0.15) is 5.10 Å². The van der Waals surface area contributed by atoms with Gasteiger partial charge in [-0.1, -0.05) is 18.2 Å². The zero-order chi connectivity index (χ0) is 18.5. The number of nitrogens with zero attached hydrogens (tertiary/aromatic N) is 1. The molecule has 6 nitrogen and oxygen atoms in total. The number of hydrogen-bond acceptors (Lipinski definition) is 5. The van der Waals surface area contributed by atoms with E-state index in [0.29, 0.717) is 23.7 Å². The lowest BCUT2D eigenvalue weighted by atomic mass is 10.1. The lowest BCUT2D eigenvalue weighted by molar-refractivity contribution is 0.0929. The highest BCUT2D eigenvalue weighted by molar-refractivity contribution is 5.96. The number of benzene rings is 2. The Morgan fingerprint density at radius 2 is 2.08 bits per heavy atom. The summed E-state index contributed by atoms with van der Waals surface area (Å²) >= 11 is 0. The number of aryl methyl sites for hydroxylation is 1. The van der Waals surface area contributed by atoms with Crippen molar-refractivity contribution >= 4 is 23.1 Å². The van der Waals surface area contributed by atoms with Gasteiger partial charge in [-0.3, -0.25) is 4.79 Å². The summed E-state index contributed by atoms with van der Waals surface area (Å²) in [4.78, 5) is 12.2. The first-order valence-corrected chi connectivity index (χ1v) is 8.25. The van der Waals surface area contributed by atoms with Crippen molar-refractivity contribution in [3.05, 3.63) is 59.4 Å². The Morgan fingerprint density at radius 1 is 1.27 bits per heavy atom. The molecule has 0 radical (unpaired) electrons. The van der Waals surface area contributed by atoms with Gasteiger partial charge in [0, 0.05) is 5.39 Å². The van der Waals surface area contributed by atoms with E-state index in [1.807, 2.05) is 50.2 Å². The number of carbonyl (C=O) groups is 1. The second kappa shape index (κ2) is 7.74. The van der Waals surface area contributed by atoms with E-state index >= 15 is 0 Å². The van der Waals surface area contributed by atoms with Crippen LogP contribution in [-0.4, -0.2) is 25.8 Å². The van der Waals surface area contributed by atoms with Crippen molar-refractivity contribution in [1.29, 1.82) is 0 Å². The van der Waals surface area contributed by atoms with Crippen LogP contribution in [0.25, 0.3) is 11.0 Å². The third-order valence-electron chi connectivity index (χ3n) is 3.80. The number of nitrogens with one attached hydrogen (secondary N) is 1. The highest BCUT2D eigenvalue weighted by Gasteiger charge is 2.12. The minimum absolute atomic E-state index is 0.212. The molecule has 0 unspecified atom stereocenters. The Labute approximate surface area is 151 Å². The zero-order valence-electron chi connectivity index (χ0n) is 14.9. The fraction of sp³-hybridized carbons (Fsp3) is 0.200. The molecule has 6 heteroatoms. The maximum absolute atomic E-state index is 12.2. The maximum atomic E-state index is 12.2. The number of para-hydroxylation sites is 1. The summed E-state index contributed by atoms with van der Waals surface area (Å²) < 4.78 is 16.5. The van der Waals surface area contributed by atoms with E-state index in [-0.39, 0.29) is 5.76 Å². The molecule has 0 fully saturated rings. The molecular formula is C20H20N2O4. The number of carbonyl (C=O) groups excluding carboxylic acids is 1. The van der Waals surface area contributed by atoms with Crippen LogP contribution in [0.15, 0.2) is 52.0 Å². The molecule has 1 heterocycles. The smallest absolute Gasteiger partial charge is 0.307 e. The lowest BCUT2D eigenvalue weighted by Gasteiger charge is -2.12. The highest BCUT2D eigenvalue weighted by Crippen LogP contribution is 2.31. The SMILES string of the molecule is CCOc1cc(/C=N/NC(=O)c2cc3ccccc3o2)cc(C)c1OC. The third kappa shape index (κ3) is 3.69. The van der Waals surface area contributed by atoms with Crippen molar-refractivity contribution in [1.82, 2.24) is 5.43 Å². The van der Waals surface area contributed by atoms with E-state index < -0.39 is 5.91 Å². The molecule has 0 aliphatic carbocycles. The molecule has 0 aliphatic rings. The van der Waals surface area contributed by atoms with Crippen LogP contribution < -0.4 is 14.9 Å². The number of furan rings is 1. The predicted octanol–water partition coefficient (Wildman–Crippen LogP) is 3.91. The van der Waals surface area contributed by atoms with Gasteiger partial charge in [0.25, 0.3) is 0 Å². The Hall–Kier alpha value is -3.28. The Morgan fingerprint density at radius 3 is 2.81 bits per heavy atom. The second-order valence-electron chi connectivity index (χ2n) is 5.65. The van der Waals surface area contributed by atoms with Gasteiger partial charge in [0.05, 0.1) is 19.9 Å². The maximum Gasteiger partial charge on any atom is 0.307 e. The average molecular weight is 352 g/mol. The molecule has 0 spiro atoms. The molecule has 0 atom stereocenters. The van der Waals surface area contributed by atoms with Crippen LogP contribution in [0.5, 0.6) is 11.5 Å². The summed E-state index contributed by atoms with van der Waals surface area (Å²) in [6.45, 7) is 4.36. The first-order valence-electron chi connectivity index (χ1n) is 8.25. The molecule has 3 aromatic rings. The molecule has 0 aliphatic heterocycles. The van der Waals surface area contributed by atoms with Gasteiger partial charge in [0.1, 0.15) is 5.58 Å². The highest BCUT2D eigenvalue weighted by atomic mass is 16.5. The molecule has 1 amide bonds.